The molecule has 0 bridgehead atoms. The van der Waals surface area contributed by atoms with E-state index in [0.717, 1.165) is 20.5 Å². The normalized spacial score (nSPS) is 11.0. The zero-order valence-corrected chi connectivity index (χ0v) is 16.9. The highest BCUT2D eigenvalue weighted by Crippen LogP contribution is 2.35. The number of aryl methyl sites for hydroxylation is 1. The van der Waals surface area contributed by atoms with Crippen LogP contribution in [-0.4, -0.2) is 25.6 Å². The molecule has 0 aliphatic heterocycles. The second-order valence-corrected chi connectivity index (χ2v) is 7.40. The monoisotopic (exact) mass is 415 g/mol. The maximum absolute atomic E-state index is 12.3. The molecule has 0 radical (unpaired) electrons. The summed E-state index contributed by atoms with van der Waals surface area (Å²) in [5, 5.41) is 4.45. The molecule has 1 aromatic heterocycles. The molecule has 3 aromatic rings. The molecule has 0 saturated heterocycles. The standard InChI is InChI=1S/C21H18ClNO4S/c1-13-11-14(27-12-20(25)26-2)7-8-16(13)23-19(24)10-9-18-21(22)15-5-3-4-6-17(15)28-18/h3-11H,12H2,1-2H3,(H,23,24)/b10-9+. The first-order chi connectivity index (χ1) is 13.5. The minimum atomic E-state index is -0.458. The Bertz CT molecular complexity index is 1060. The Morgan fingerprint density at radius 1 is 1.21 bits per heavy atom. The fraction of sp³-hybridized carbons (Fsp3) is 0.143. The van der Waals surface area contributed by atoms with Gasteiger partial charge in [-0.1, -0.05) is 29.8 Å². The molecule has 2 aromatic carbocycles. The molecule has 0 aliphatic carbocycles. The molecule has 3 rings (SSSR count). The Hall–Kier alpha value is -2.83. The first-order valence-electron chi connectivity index (χ1n) is 8.44. The van der Waals surface area contributed by atoms with Gasteiger partial charge >= 0.3 is 5.97 Å². The fourth-order valence-corrected chi connectivity index (χ4v) is 3.93. The predicted octanol–water partition coefficient (Wildman–Crippen LogP) is 5.07. The van der Waals surface area contributed by atoms with E-state index >= 15 is 0 Å². The van der Waals surface area contributed by atoms with Crippen molar-refractivity contribution >= 4 is 56.7 Å². The molecule has 144 valence electrons. The molecule has 1 heterocycles. The molecule has 0 atom stereocenters. The van der Waals surface area contributed by atoms with Gasteiger partial charge in [-0.05, 0) is 42.8 Å². The largest absolute Gasteiger partial charge is 0.482 e. The summed E-state index contributed by atoms with van der Waals surface area (Å²) in [7, 11) is 1.30. The number of esters is 1. The molecule has 0 fully saturated rings. The van der Waals surface area contributed by atoms with E-state index in [1.807, 2.05) is 31.2 Å². The molecule has 1 amide bonds. The summed E-state index contributed by atoms with van der Waals surface area (Å²) in [6, 6.07) is 13.0. The lowest BCUT2D eigenvalue weighted by atomic mass is 10.2. The Kier molecular flexibility index (Phi) is 6.34. The van der Waals surface area contributed by atoms with Crippen LogP contribution in [0.2, 0.25) is 5.02 Å². The molecule has 0 spiro atoms. The second kappa shape index (κ2) is 8.91. The minimum absolute atomic E-state index is 0.166. The van der Waals surface area contributed by atoms with Crippen molar-refractivity contribution < 1.29 is 19.1 Å². The van der Waals surface area contributed by atoms with Crippen molar-refractivity contribution in [2.45, 2.75) is 6.92 Å². The summed E-state index contributed by atoms with van der Waals surface area (Å²) < 4.78 is 10.9. The summed E-state index contributed by atoms with van der Waals surface area (Å²) >= 11 is 7.92. The third kappa shape index (κ3) is 4.71. The number of hydrogen-bond acceptors (Lipinski definition) is 5. The van der Waals surface area contributed by atoms with Crippen LogP contribution in [0.25, 0.3) is 16.2 Å². The van der Waals surface area contributed by atoms with Crippen molar-refractivity contribution in [2.75, 3.05) is 19.0 Å². The zero-order chi connectivity index (χ0) is 20.1. The summed E-state index contributed by atoms with van der Waals surface area (Å²) in [5.41, 5.74) is 1.46. The van der Waals surface area contributed by atoms with Crippen LogP contribution in [0.5, 0.6) is 5.75 Å². The molecule has 7 heteroatoms. The number of carbonyl (C=O) groups is 2. The number of fused-ring (bicyclic) bond motifs is 1. The van der Waals surface area contributed by atoms with Crippen molar-refractivity contribution in [2.24, 2.45) is 0 Å². The zero-order valence-electron chi connectivity index (χ0n) is 15.3. The summed E-state index contributed by atoms with van der Waals surface area (Å²) in [5.74, 6) is -0.201. The van der Waals surface area contributed by atoms with Crippen LogP contribution >= 0.6 is 22.9 Å². The van der Waals surface area contributed by atoms with Crippen LogP contribution in [0.4, 0.5) is 5.69 Å². The Balaban J connectivity index is 1.66. The van der Waals surface area contributed by atoms with Crippen molar-refractivity contribution in [3.63, 3.8) is 0 Å². The lowest BCUT2D eigenvalue weighted by molar-refractivity contribution is -0.142. The van der Waals surface area contributed by atoms with Crippen molar-refractivity contribution in [3.8, 4) is 5.75 Å². The second-order valence-electron chi connectivity index (χ2n) is 5.94. The highest BCUT2D eigenvalue weighted by Gasteiger charge is 2.09. The highest BCUT2D eigenvalue weighted by atomic mass is 35.5. The van der Waals surface area contributed by atoms with Crippen molar-refractivity contribution in [1.82, 2.24) is 0 Å². The van der Waals surface area contributed by atoms with Crippen LogP contribution in [0.15, 0.2) is 48.5 Å². The van der Waals surface area contributed by atoms with E-state index in [-0.39, 0.29) is 12.5 Å². The topological polar surface area (TPSA) is 64.6 Å². The first kappa shape index (κ1) is 19.9. The first-order valence-corrected chi connectivity index (χ1v) is 9.63. The number of carbonyl (C=O) groups excluding carboxylic acids is 2. The lowest BCUT2D eigenvalue weighted by Crippen LogP contribution is -2.13. The van der Waals surface area contributed by atoms with E-state index in [2.05, 4.69) is 10.1 Å². The van der Waals surface area contributed by atoms with Crippen molar-refractivity contribution in [1.29, 1.82) is 0 Å². The van der Waals surface area contributed by atoms with Crippen LogP contribution in [-0.2, 0) is 14.3 Å². The van der Waals surface area contributed by atoms with Gasteiger partial charge in [-0.25, -0.2) is 4.79 Å². The number of anilines is 1. The van der Waals surface area contributed by atoms with Gasteiger partial charge in [0.15, 0.2) is 6.61 Å². The van der Waals surface area contributed by atoms with E-state index < -0.39 is 5.97 Å². The van der Waals surface area contributed by atoms with Gasteiger partial charge in [-0.2, -0.15) is 0 Å². The Morgan fingerprint density at radius 3 is 2.71 bits per heavy atom. The third-order valence-corrected chi connectivity index (χ3v) is 5.64. The minimum Gasteiger partial charge on any atom is -0.482 e. The number of ether oxygens (including phenoxy) is 2. The smallest absolute Gasteiger partial charge is 0.343 e. The maximum Gasteiger partial charge on any atom is 0.343 e. The molecular weight excluding hydrogens is 398 g/mol. The van der Waals surface area contributed by atoms with Gasteiger partial charge < -0.3 is 14.8 Å². The summed E-state index contributed by atoms with van der Waals surface area (Å²) in [4.78, 5) is 24.2. The van der Waals surface area contributed by atoms with Crippen LogP contribution < -0.4 is 10.1 Å². The van der Waals surface area contributed by atoms with Gasteiger partial charge in [0.1, 0.15) is 5.75 Å². The molecule has 28 heavy (non-hydrogen) atoms. The van der Waals surface area contributed by atoms with E-state index in [0.29, 0.717) is 16.5 Å². The summed E-state index contributed by atoms with van der Waals surface area (Å²) in [6.45, 7) is 1.67. The van der Waals surface area contributed by atoms with Gasteiger partial charge in [0.05, 0.1) is 12.1 Å². The fourth-order valence-electron chi connectivity index (χ4n) is 2.53. The SMILES string of the molecule is COC(=O)COc1ccc(NC(=O)/C=C/c2sc3ccccc3c2Cl)c(C)c1. The van der Waals surface area contributed by atoms with Gasteiger partial charge in [0.2, 0.25) is 5.91 Å². The van der Waals surface area contributed by atoms with E-state index in [9.17, 15) is 9.59 Å². The number of thiophene rings is 1. The molecule has 5 nitrogen and oxygen atoms in total. The predicted molar refractivity (Wildman–Crippen MR) is 113 cm³/mol. The number of hydrogen-bond donors (Lipinski definition) is 1. The summed E-state index contributed by atoms with van der Waals surface area (Å²) in [6.07, 6.45) is 3.17. The van der Waals surface area contributed by atoms with E-state index in [1.54, 1.807) is 24.3 Å². The van der Waals surface area contributed by atoms with Crippen LogP contribution in [0.1, 0.15) is 10.4 Å². The van der Waals surface area contributed by atoms with E-state index in [4.69, 9.17) is 16.3 Å². The van der Waals surface area contributed by atoms with Crippen LogP contribution in [0, 0.1) is 6.92 Å². The number of benzene rings is 2. The van der Waals surface area contributed by atoms with Crippen LogP contribution in [0.3, 0.4) is 0 Å². The third-order valence-electron chi connectivity index (χ3n) is 3.99. The number of amides is 1. The molecule has 0 saturated carbocycles. The van der Waals surface area contributed by atoms with Gasteiger partial charge in [0, 0.05) is 26.7 Å². The number of nitrogens with one attached hydrogen (secondary N) is 1. The molecule has 0 aliphatic rings. The van der Waals surface area contributed by atoms with Gasteiger partial charge in [0.25, 0.3) is 0 Å². The van der Waals surface area contributed by atoms with Crippen molar-refractivity contribution in [3.05, 3.63) is 64.0 Å². The number of methoxy groups -OCH3 is 1. The van der Waals surface area contributed by atoms with E-state index in [1.165, 1.54) is 24.5 Å². The Morgan fingerprint density at radius 2 is 2.00 bits per heavy atom. The highest BCUT2D eigenvalue weighted by molar-refractivity contribution is 7.20. The average Bonchev–Trinajstić information content (AvgIpc) is 3.02. The van der Waals surface area contributed by atoms with Gasteiger partial charge in [-0.15, -0.1) is 11.3 Å². The molecule has 1 N–H and O–H groups in total. The lowest BCUT2D eigenvalue weighted by Gasteiger charge is -2.10. The molecule has 0 unspecified atom stereocenters. The van der Waals surface area contributed by atoms with Gasteiger partial charge in [-0.3, -0.25) is 4.79 Å². The average molecular weight is 416 g/mol. The quantitative estimate of drug-likeness (QED) is 0.451. The Labute approximate surface area is 171 Å². The number of rotatable bonds is 6. The molecular formula is C21H18ClNO4S. The maximum atomic E-state index is 12.3. The number of halogens is 1.